The molecule has 0 bridgehead atoms. The Kier molecular flexibility index (Phi) is 6.44. The molecule has 4 heteroatoms. The fraction of sp³-hybridized carbons (Fsp3) is 0.261. The molecule has 0 saturated heterocycles. The number of aliphatic hydroxyl groups excluding tert-OH is 1. The predicted molar refractivity (Wildman–Crippen MR) is 106 cm³/mol. The number of rotatable bonds is 8. The number of pyridine rings is 1. The second-order valence-corrected chi connectivity index (χ2v) is 6.79. The maximum atomic E-state index is 10.3. The Bertz CT molecular complexity index is 835. The highest BCUT2D eigenvalue weighted by Crippen LogP contribution is 2.32. The largest absolute Gasteiger partial charge is 0.485 e. The normalized spacial score (nSPS) is 12.0. The van der Waals surface area contributed by atoms with Crippen molar-refractivity contribution in [1.82, 2.24) is 4.98 Å². The summed E-state index contributed by atoms with van der Waals surface area (Å²) in [6, 6.07) is 21.7. The molecule has 1 unspecified atom stereocenters. The number of aliphatic hydroxyl groups is 1. The van der Waals surface area contributed by atoms with Gasteiger partial charge in [-0.1, -0.05) is 74.5 Å². The molecule has 0 aliphatic rings. The number of ether oxygens (including phenoxy) is 2. The van der Waals surface area contributed by atoms with E-state index in [9.17, 15) is 5.11 Å². The topological polar surface area (TPSA) is 51.6 Å². The third-order valence-electron chi connectivity index (χ3n) is 4.26. The van der Waals surface area contributed by atoms with Gasteiger partial charge in [0, 0.05) is 6.07 Å². The molecule has 1 heterocycles. The van der Waals surface area contributed by atoms with Gasteiger partial charge in [-0.2, -0.15) is 0 Å². The fourth-order valence-corrected chi connectivity index (χ4v) is 2.63. The molecule has 0 saturated carbocycles. The van der Waals surface area contributed by atoms with Gasteiger partial charge in [0.15, 0.2) is 11.5 Å². The van der Waals surface area contributed by atoms with Crippen LogP contribution in [0, 0.1) is 5.92 Å². The molecule has 1 aromatic heterocycles. The summed E-state index contributed by atoms with van der Waals surface area (Å²) in [5, 5.41) is 10.3. The van der Waals surface area contributed by atoms with Gasteiger partial charge in [-0.05, 0) is 17.0 Å². The average molecular weight is 363 g/mol. The van der Waals surface area contributed by atoms with Gasteiger partial charge in [0.05, 0.1) is 18.0 Å². The average Bonchev–Trinajstić information content (AvgIpc) is 2.72. The summed E-state index contributed by atoms with van der Waals surface area (Å²) in [6.45, 7) is 4.76. The van der Waals surface area contributed by atoms with E-state index in [0.29, 0.717) is 30.4 Å². The Morgan fingerprint density at radius 3 is 1.85 bits per heavy atom. The maximum Gasteiger partial charge on any atom is 0.179 e. The number of nitrogens with zero attached hydrogens (tertiary/aromatic N) is 1. The molecule has 27 heavy (non-hydrogen) atoms. The summed E-state index contributed by atoms with van der Waals surface area (Å²) in [6.07, 6.45) is 0.983. The lowest BCUT2D eigenvalue weighted by molar-refractivity contribution is 0.121. The molecule has 140 valence electrons. The van der Waals surface area contributed by atoms with E-state index in [0.717, 1.165) is 11.1 Å². The van der Waals surface area contributed by atoms with Gasteiger partial charge in [0.1, 0.15) is 13.2 Å². The summed E-state index contributed by atoms with van der Waals surface area (Å²) < 4.78 is 11.9. The van der Waals surface area contributed by atoms with Crippen molar-refractivity contribution in [2.45, 2.75) is 33.2 Å². The van der Waals surface area contributed by atoms with Crippen molar-refractivity contribution in [3.8, 4) is 11.5 Å². The highest BCUT2D eigenvalue weighted by Gasteiger charge is 2.17. The molecule has 3 rings (SSSR count). The molecule has 0 aliphatic heterocycles. The van der Waals surface area contributed by atoms with Crippen LogP contribution in [0.4, 0.5) is 0 Å². The van der Waals surface area contributed by atoms with Crippen LogP contribution in [-0.2, 0) is 13.2 Å². The Hall–Kier alpha value is -2.85. The summed E-state index contributed by atoms with van der Waals surface area (Å²) in [5.41, 5.74) is 2.72. The Balaban J connectivity index is 1.79. The zero-order chi connectivity index (χ0) is 19.1. The zero-order valence-electron chi connectivity index (χ0n) is 15.7. The third kappa shape index (κ3) is 5.31. The zero-order valence-corrected chi connectivity index (χ0v) is 15.7. The van der Waals surface area contributed by atoms with Crippen molar-refractivity contribution in [3.05, 3.63) is 89.7 Å². The first-order chi connectivity index (χ1) is 13.1. The van der Waals surface area contributed by atoms with Crippen LogP contribution in [0.15, 0.2) is 72.9 Å². The fourth-order valence-electron chi connectivity index (χ4n) is 2.63. The second-order valence-electron chi connectivity index (χ2n) is 6.79. The summed E-state index contributed by atoms with van der Waals surface area (Å²) >= 11 is 0. The second kappa shape index (κ2) is 9.19. The molecule has 0 fully saturated rings. The van der Waals surface area contributed by atoms with E-state index in [-0.39, 0.29) is 5.92 Å². The number of aromatic nitrogens is 1. The van der Waals surface area contributed by atoms with Gasteiger partial charge in [-0.3, -0.25) is 4.98 Å². The number of hydrogen-bond donors (Lipinski definition) is 1. The van der Waals surface area contributed by atoms with E-state index in [2.05, 4.69) is 4.98 Å². The van der Waals surface area contributed by atoms with Gasteiger partial charge < -0.3 is 14.6 Å². The lowest BCUT2D eigenvalue weighted by Gasteiger charge is -2.17. The number of benzene rings is 2. The Labute approximate surface area is 160 Å². The van der Waals surface area contributed by atoms with E-state index < -0.39 is 6.10 Å². The SMILES string of the molecule is CC(C)C(O)c1cc(OCc2ccccc2)c(OCc2ccccc2)cn1. The molecular formula is C23H25NO3. The molecule has 1 N–H and O–H groups in total. The van der Waals surface area contributed by atoms with Crippen molar-refractivity contribution < 1.29 is 14.6 Å². The molecule has 0 amide bonds. The molecule has 3 aromatic rings. The summed E-state index contributed by atoms with van der Waals surface area (Å²) in [7, 11) is 0. The Morgan fingerprint density at radius 1 is 0.815 bits per heavy atom. The van der Waals surface area contributed by atoms with Crippen molar-refractivity contribution >= 4 is 0 Å². The minimum absolute atomic E-state index is 0.0653. The highest BCUT2D eigenvalue weighted by molar-refractivity contribution is 5.40. The quantitative estimate of drug-likeness (QED) is 0.616. The number of hydrogen-bond acceptors (Lipinski definition) is 4. The van der Waals surface area contributed by atoms with Crippen molar-refractivity contribution in [2.24, 2.45) is 5.92 Å². The smallest absolute Gasteiger partial charge is 0.179 e. The van der Waals surface area contributed by atoms with Crippen molar-refractivity contribution in [1.29, 1.82) is 0 Å². The van der Waals surface area contributed by atoms with E-state index in [1.165, 1.54) is 0 Å². The van der Waals surface area contributed by atoms with Gasteiger partial charge in [-0.25, -0.2) is 0 Å². The first-order valence-corrected chi connectivity index (χ1v) is 9.15. The molecule has 2 aromatic carbocycles. The molecule has 0 radical (unpaired) electrons. The molecule has 4 nitrogen and oxygen atoms in total. The van der Waals surface area contributed by atoms with E-state index in [1.54, 1.807) is 12.3 Å². The molecule has 0 aliphatic carbocycles. The first-order valence-electron chi connectivity index (χ1n) is 9.15. The lowest BCUT2D eigenvalue weighted by Crippen LogP contribution is -2.09. The molecule has 0 spiro atoms. The van der Waals surface area contributed by atoms with E-state index in [1.807, 2.05) is 74.5 Å². The Morgan fingerprint density at radius 2 is 1.33 bits per heavy atom. The van der Waals surface area contributed by atoms with E-state index >= 15 is 0 Å². The van der Waals surface area contributed by atoms with Gasteiger partial charge in [0.25, 0.3) is 0 Å². The van der Waals surface area contributed by atoms with Crippen LogP contribution >= 0.6 is 0 Å². The van der Waals surface area contributed by atoms with Crippen LogP contribution < -0.4 is 9.47 Å². The monoisotopic (exact) mass is 363 g/mol. The van der Waals surface area contributed by atoms with Crippen LogP contribution in [-0.4, -0.2) is 10.1 Å². The standard InChI is InChI=1S/C23H25NO3/c1-17(2)23(25)20-13-21(26-15-18-9-5-3-6-10-18)22(14-24-20)27-16-19-11-7-4-8-12-19/h3-14,17,23,25H,15-16H2,1-2H3. The predicted octanol–water partition coefficient (Wildman–Crippen LogP) is 4.93. The van der Waals surface area contributed by atoms with Crippen molar-refractivity contribution in [2.75, 3.05) is 0 Å². The van der Waals surface area contributed by atoms with Crippen LogP contribution in [0.25, 0.3) is 0 Å². The minimum atomic E-state index is -0.646. The summed E-state index contributed by atoms with van der Waals surface area (Å²) in [5.74, 6) is 1.21. The highest BCUT2D eigenvalue weighted by atomic mass is 16.5. The van der Waals surface area contributed by atoms with Crippen LogP contribution in [0.2, 0.25) is 0 Å². The van der Waals surface area contributed by atoms with Gasteiger partial charge in [-0.15, -0.1) is 0 Å². The van der Waals surface area contributed by atoms with Gasteiger partial charge in [0.2, 0.25) is 0 Å². The van der Waals surface area contributed by atoms with Crippen LogP contribution in [0.5, 0.6) is 11.5 Å². The molecular weight excluding hydrogens is 338 g/mol. The van der Waals surface area contributed by atoms with Crippen LogP contribution in [0.1, 0.15) is 36.8 Å². The van der Waals surface area contributed by atoms with Crippen molar-refractivity contribution in [3.63, 3.8) is 0 Å². The van der Waals surface area contributed by atoms with Crippen LogP contribution in [0.3, 0.4) is 0 Å². The first kappa shape index (κ1) is 18.9. The third-order valence-corrected chi connectivity index (χ3v) is 4.26. The molecule has 1 atom stereocenters. The maximum absolute atomic E-state index is 10.3. The van der Waals surface area contributed by atoms with E-state index in [4.69, 9.17) is 9.47 Å². The lowest BCUT2D eigenvalue weighted by atomic mass is 10.0. The van der Waals surface area contributed by atoms with Gasteiger partial charge >= 0.3 is 0 Å². The minimum Gasteiger partial charge on any atom is -0.485 e. The summed E-state index contributed by atoms with van der Waals surface area (Å²) in [4.78, 5) is 4.37.